The minimum Gasteiger partial charge on any atom is -0.386 e. The van der Waals surface area contributed by atoms with Crippen LogP contribution in [0.15, 0.2) is 54.7 Å². The molecular formula is C23H24N4O4. The van der Waals surface area contributed by atoms with Crippen LogP contribution in [0.1, 0.15) is 24.5 Å². The molecule has 0 spiro atoms. The number of aryl methyl sites for hydroxylation is 1. The first-order valence-electron chi connectivity index (χ1n) is 10.2. The van der Waals surface area contributed by atoms with Crippen molar-refractivity contribution >= 4 is 40.0 Å². The Morgan fingerprint density at radius 3 is 2.71 bits per heavy atom. The summed E-state index contributed by atoms with van der Waals surface area (Å²) in [6.45, 7) is 0.547. The summed E-state index contributed by atoms with van der Waals surface area (Å²) in [5.41, 5.74) is 2.76. The van der Waals surface area contributed by atoms with Crippen molar-refractivity contribution in [3.63, 3.8) is 0 Å². The van der Waals surface area contributed by atoms with Gasteiger partial charge in [-0.3, -0.25) is 14.4 Å². The number of anilines is 2. The molecule has 0 bridgehead atoms. The van der Waals surface area contributed by atoms with E-state index in [1.54, 1.807) is 29.2 Å². The Hall–Kier alpha value is -3.65. The predicted molar refractivity (Wildman–Crippen MR) is 118 cm³/mol. The molecule has 8 nitrogen and oxygen atoms in total. The molecule has 1 aliphatic rings. The highest BCUT2D eigenvalue weighted by Crippen LogP contribution is 2.26. The molecule has 1 fully saturated rings. The summed E-state index contributed by atoms with van der Waals surface area (Å²) in [5.74, 6) is -1.64. The van der Waals surface area contributed by atoms with E-state index in [4.69, 9.17) is 0 Å². The second-order valence-electron chi connectivity index (χ2n) is 7.59. The summed E-state index contributed by atoms with van der Waals surface area (Å²) in [5, 5.41) is 16.5. The SMILES string of the molecule is Cn1cc(C(O)CNC(=O)C(=O)Nc2cccc(N3CCCC3=O)c2)c2ccccc21. The van der Waals surface area contributed by atoms with Gasteiger partial charge in [-0.1, -0.05) is 24.3 Å². The minimum absolute atomic E-state index is 0.0450. The van der Waals surface area contributed by atoms with Crippen LogP contribution in [0.25, 0.3) is 10.9 Å². The number of para-hydroxylation sites is 1. The quantitative estimate of drug-likeness (QED) is 0.550. The zero-order valence-electron chi connectivity index (χ0n) is 17.2. The molecule has 0 radical (unpaired) electrons. The lowest BCUT2D eigenvalue weighted by Crippen LogP contribution is -2.37. The van der Waals surface area contributed by atoms with E-state index in [9.17, 15) is 19.5 Å². The smallest absolute Gasteiger partial charge is 0.313 e. The number of aliphatic hydroxyl groups is 1. The van der Waals surface area contributed by atoms with Gasteiger partial charge in [-0.15, -0.1) is 0 Å². The van der Waals surface area contributed by atoms with Crippen LogP contribution in [0, 0.1) is 0 Å². The number of carbonyl (C=O) groups is 3. The number of fused-ring (bicyclic) bond motifs is 1. The van der Waals surface area contributed by atoms with Crippen molar-refractivity contribution in [3.05, 3.63) is 60.3 Å². The topological polar surface area (TPSA) is 104 Å². The lowest BCUT2D eigenvalue weighted by molar-refractivity contribution is -0.136. The standard InChI is InChI=1S/C23H24N4O4/c1-26-14-18(17-8-2-3-9-19(17)26)20(28)13-24-22(30)23(31)25-15-6-4-7-16(12-15)27-11-5-10-21(27)29/h2-4,6-9,12,14,20,28H,5,10-11,13H2,1H3,(H,24,30)(H,25,31). The normalized spacial score (nSPS) is 14.6. The average molecular weight is 420 g/mol. The van der Waals surface area contributed by atoms with E-state index in [1.807, 2.05) is 42.1 Å². The van der Waals surface area contributed by atoms with Gasteiger partial charge in [0.25, 0.3) is 0 Å². The highest BCUT2D eigenvalue weighted by atomic mass is 16.3. The zero-order chi connectivity index (χ0) is 22.0. The number of carbonyl (C=O) groups excluding carboxylic acids is 3. The maximum Gasteiger partial charge on any atom is 0.313 e. The second-order valence-corrected chi connectivity index (χ2v) is 7.59. The Morgan fingerprint density at radius 1 is 1.13 bits per heavy atom. The molecule has 160 valence electrons. The summed E-state index contributed by atoms with van der Waals surface area (Å²) in [7, 11) is 1.88. The van der Waals surface area contributed by atoms with Crippen molar-refractivity contribution in [1.29, 1.82) is 0 Å². The molecular weight excluding hydrogens is 396 g/mol. The molecule has 8 heteroatoms. The average Bonchev–Trinajstić information content (AvgIpc) is 3.35. The van der Waals surface area contributed by atoms with E-state index in [-0.39, 0.29) is 12.5 Å². The number of amides is 3. The van der Waals surface area contributed by atoms with Crippen LogP contribution >= 0.6 is 0 Å². The van der Waals surface area contributed by atoms with E-state index in [0.29, 0.717) is 29.9 Å². The van der Waals surface area contributed by atoms with Gasteiger partial charge < -0.3 is 25.2 Å². The maximum atomic E-state index is 12.3. The highest BCUT2D eigenvalue weighted by Gasteiger charge is 2.22. The molecule has 4 rings (SSSR count). The van der Waals surface area contributed by atoms with Crippen LogP contribution < -0.4 is 15.5 Å². The van der Waals surface area contributed by atoms with E-state index >= 15 is 0 Å². The third-order valence-electron chi connectivity index (χ3n) is 5.44. The summed E-state index contributed by atoms with van der Waals surface area (Å²) < 4.78 is 1.90. The van der Waals surface area contributed by atoms with Crippen LogP contribution in [0.4, 0.5) is 11.4 Å². The summed E-state index contributed by atoms with van der Waals surface area (Å²) in [4.78, 5) is 38.1. The summed E-state index contributed by atoms with van der Waals surface area (Å²) in [6.07, 6.45) is 2.18. The molecule has 3 aromatic rings. The van der Waals surface area contributed by atoms with Gasteiger partial charge in [0.15, 0.2) is 0 Å². The number of benzene rings is 2. The first-order chi connectivity index (χ1) is 14.9. The van der Waals surface area contributed by atoms with Crippen molar-refractivity contribution in [2.75, 3.05) is 23.3 Å². The number of nitrogens with one attached hydrogen (secondary N) is 2. The first-order valence-corrected chi connectivity index (χ1v) is 10.2. The van der Waals surface area contributed by atoms with Crippen molar-refractivity contribution < 1.29 is 19.5 Å². The fourth-order valence-corrected chi connectivity index (χ4v) is 3.88. The Balaban J connectivity index is 1.37. The van der Waals surface area contributed by atoms with Gasteiger partial charge in [-0.05, 0) is 30.7 Å². The molecule has 1 saturated heterocycles. The van der Waals surface area contributed by atoms with Gasteiger partial charge in [0.1, 0.15) is 0 Å². The number of nitrogens with zero attached hydrogens (tertiary/aromatic N) is 2. The summed E-state index contributed by atoms with van der Waals surface area (Å²) in [6, 6.07) is 14.5. The Morgan fingerprint density at radius 2 is 1.94 bits per heavy atom. The van der Waals surface area contributed by atoms with Gasteiger partial charge in [0, 0.05) is 60.6 Å². The molecule has 1 aliphatic heterocycles. The van der Waals surface area contributed by atoms with Gasteiger partial charge in [0.05, 0.1) is 6.10 Å². The number of aliphatic hydroxyl groups excluding tert-OH is 1. The fraction of sp³-hybridized carbons (Fsp3) is 0.261. The number of aromatic nitrogens is 1. The van der Waals surface area contributed by atoms with Crippen LogP contribution in [0.2, 0.25) is 0 Å². The number of hydrogen-bond acceptors (Lipinski definition) is 4. The Kier molecular flexibility index (Phi) is 5.73. The van der Waals surface area contributed by atoms with Gasteiger partial charge >= 0.3 is 11.8 Å². The minimum atomic E-state index is -0.952. The summed E-state index contributed by atoms with van der Waals surface area (Å²) >= 11 is 0. The molecule has 1 unspecified atom stereocenters. The molecule has 2 aromatic carbocycles. The molecule has 31 heavy (non-hydrogen) atoms. The van der Waals surface area contributed by atoms with Crippen LogP contribution in [-0.2, 0) is 21.4 Å². The van der Waals surface area contributed by atoms with Crippen molar-refractivity contribution in [3.8, 4) is 0 Å². The van der Waals surface area contributed by atoms with E-state index < -0.39 is 17.9 Å². The van der Waals surface area contributed by atoms with E-state index in [1.165, 1.54) is 0 Å². The molecule has 0 saturated carbocycles. The molecule has 2 heterocycles. The molecule has 1 aromatic heterocycles. The van der Waals surface area contributed by atoms with Crippen molar-refractivity contribution in [2.24, 2.45) is 7.05 Å². The lowest BCUT2D eigenvalue weighted by Gasteiger charge is -2.17. The van der Waals surface area contributed by atoms with Crippen molar-refractivity contribution in [2.45, 2.75) is 18.9 Å². The van der Waals surface area contributed by atoms with Crippen LogP contribution in [-0.4, -0.2) is 40.5 Å². The number of hydrogen-bond donors (Lipinski definition) is 3. The van der Waals surface area contributed by atoms with E-state index in [0.717, 1.165) is 17.3 Å². The monoisotopic (exact) mass is 420 g/mol. The zero-order valence-corrected chi connectivity index (χ0v) is 17.2. The van der Waals surface area contributed by atoms with Gasteiger partial charge in [-0.2, -0.15) is 0 Å². The fourth-order valence-electron chi connectivity index (χ4n) is 3.88. The number of rotatable bonds is 5. The predicted octanol–water partition coefficient (Wildman–Crippen LogP) is 2.09. The molecule has 0 aliphatic carbocycles. The Bertz CT molecular complexity index is 1150. The van der Waals surface area contributed by atoms with E-state index in [2.05, 4.69) is 10.6 Å². The first kappa shape index (κ1) is 20.6. The Labute approximate surface area is 179 Å². The molecule has 3 N–H and O–H groups in total. The van der Waals surface area contributed by atoms with Gasteiger partial charge in [-0.25, -0.2) is 0 Å². The van der Waals surface area contributed by atoms with Crippen LogP contribution in [0.3, 0.4) is 0 Å². The maximum absolute atomic E-state index is 12.3. The van der Waals surface area contributed by atoms with Gasteiger partial charge in [0.2, 0.25) is 5.91 Å². The van der Waals surface area contributed by atoms with Crippen LogP contribution in [0.5, 0.6) is 0 Å². The third-order valence-corrected chi connectivity index (χ3v) is 5.44. The largest absolute Gasteiger partial charge is 0.386 e. The second kappa shape index (κ2) is 8.61. The molecule has 1 atom stereocenters. The highest BCUT2D eigenvalue weighted by molar-refractivity contribution is 6.39. The van der Waals surface area contributed by atoms with Crippen molar-refractivity contribution in [1.82, 2.24) is 9.88 Å². The lowest BCUT2D eigenvalue weighted by atomic mass is 10.1. The molecule has 3 amide bonds. The third kappa shape index (κ3) is 4.29.